The first kappa shape index (κ1) is 18.3. The van der Waals surface area contributed by atoms with E-state index in [1.165, 1.54) is 37.2 Å². The first-order valence-electron chi connectivity index (χ1n) is 7.26. The first-order chi connectivity index (χ1) is 11.7. The molecule has 0 aliphatic heterocycles. The van der Waals surface area contributed by atoms with E-state index in [1.54, 1.807) is 12.1 Å². The summed E-state index contributed by atoms with van der Waals surface area (Å²) in [5.74, 6) is -0.415. The average Bonchev–Trinajstić information content (AvgIpc) is 2.58. The van der Waals surface area contributed by atoms with Crippen LogP contribution in [0.3, 0.4) is 0 Å². The minimum absolute atomic E-state index is 0.0515. The molecule has 130 valence electrons. The summed E-state index contributed by atoms with van der Waals surface area (Å²) in [6, 6.07) is 11.4. The number of benzene rings is 2. The summed E-state index contributed by atoms with van der Waals surface area (Å²) in [5.41, 5.74) is 0.325. The zero-order chi connectivity index (χ0) is 18.6. The number of carbonyl (C=O) groups excluding carboxylic acids is 1. The second-order valence-electron chi connectivity index (χ2n) is 5.51. The van der Waals surface area contributed by atoms with Crippen molar-refractivity contribution in [3.05, 3.63) is 53.6 Å². The molecule has 0 radical (unpaired) electrons. The minimum Gasteiger partial charge on any atom is -0.484 e. The molecule has 0 bridgehead atoms. The van der Waals surface area contributed by atoms with E-state index in [9.17, 15) is 18.0 Å². The number of alkyl halides is 3. The number of hydrogen-bond acceptors (Lipinski definition) is 3. The first-order valence-corrected chi connectivity index (χ1v) is 7.26. The highest BCUT2D eigenvalue weighted by atomic mass is 19.4. The topological polar surface area (TPSA) is 53.3 Å². The Bertz CT molecular complexity index is 807. The fourth-order valence-corrected chi connectivity index (χ4v) is 2.02. The van der Waals surface area contributed by atoms with Gasteiger partial charge in [-0.05, 0) is 41.5 Å². The van der Waals surface area contributed by atoms with E-state index in [0.29, 0.717) is 11.1 Å². The van der Waals surface area contributed by atoms with E-state index in [4.69, 9.17) is 10.00 Å². The number of rotatable bonds is 4. The third-order valence-electron chi connectivity index (χ3n) is 3.44. The molecule has 0 saturated heterocycles. The lowest BCUT2D eigenvalue weighted by Crippen LogP contribution is -2.27. The van der Waals surface area contributed by atoms with Crippen molar-refractivity contribution in [3.63, 3.8) is 0 Å². The summed E-state index contributed by atoms with van der Waals surface area (Å²) in [6.45, 7) is -0.360. The molecular weight excluding hydrogens is 333 g/mol. The van der Waals surface area contributed by atoms with Crippen molar-refractivity contribution in [2.24, 2.45) is 0 Å². The van der Waals surface area contributed by atoms with Gasteiger partial charge >= 0.3 is 6.18 Å². The van der Waals surface area contributed by atoms with Gasteiger partial charge in [0.05, 0.1) is 17.2 Å². The van der Waals surface area contributed by atoms with Gasteiger partial charge in [0.2, 0.25) is 0 Å². The van der Waals surface area contributed by atoms with Crippen LogP contribution in [0.15, 0.2) is 42.5 Å². The Hall–Kier alpha value is -3.01. The molecule has 0 fully saturated rings. The molecule has 0 aliphatic rings. The number of halogens is 3. The van der Waals surface area contributed by atoms with E-state index in [0.717, 1.165) is 12.1 Å². The molecule has 0 N–H and O–H groups in total. The summed E-state index contributed by atoms with van der Waals surface area (Å²) in [5, 5.41) is 8.81. The maximum atomic E-state index is 13.1. The Balaban J connectivity index is 2.39. The molecule has 0 saturated carbocycles. The Labute approximate surface area is 143 Å². The molecular formula is C18H15F3N2O2. The number of ether oxygens (including phenoxy) is 1. The quantitative estimate of drug-likeness (QED) is 0.846. The van der Waals surface area contributed by atoms with Crippen LogP contribution in [-0.2, 0) is 11.0 Å². The van der Waals surface area contributed by atoms with Gasteiger partial charge in [0.25, 0.3) is 5.91 Å². The highest BCUT2D eigenvalue weighted by Crippen LogP contribution is 2.35. The van der Waals surface area contributed by atoms with E-state index >= 15 is 0 Å². The van der Waals surface area contributed by atoms with Crippen molar-refractivity contribution in [1.82, 2.24) is 4.90 Å². The summed E-state index contributed by atoms with van der Waals surface area (Å²) in [4.78, 5) is 12.9. The van der Waals surface area contributed by atoms with Crippen molar-refractivity contribution in [2.45, 2.75) is 6.18 Å². The Kier molecular flexibility index (Phi) is 5.32. The lowest BCUT2D eigenvalue weighted by Gasteiger charge is -2.15. The maximum Gasteiger partial charge on any atom is 0.416 e. The van der Waals surface area contributed by atoms with Crippen LogP contribution >= 0.6 is 0 Å². The van der Waals surface area contributed by atoms with Crippen LogP contribution < -0.4 is 4.74 Å². The molecule has 7 heteroatoms. The predicted octanol–water partition coefficient (Wildman–Crippen LogP) is 3.71. The van der Waals surface area contributed by atoms with Crippen LogP contribution in [-0.4, -0.2) is 31.5 Å². The molecule has 0 unspecified atom stereocenters. The molecule has 0 aromatic heterocycles. The van der Waals surface area contributed by atoms with Crippen LogP contribution in [0, 0.1) is 11.3 Å². The molecule has 0 atom stereocenters. The molecule has 25 heavy (non-hydrogen) atoms. The summed E-state index contributed by atoms with van der Waals surface area (Å²) < 4.78 is 44.6. The Morgan fingerprint density at radius 2 is 1.76 bits per heavy atom. The number of nitrogens with zero attached hydrogens (tertiary/aromatic N) is 2. The van der Waals surface area contributed by atoms with E-state index in [-0.39, 0.29) is 23.8 Å². The van der Waals surface area contributed by atoms with Crippen molar-refractivity contribution in [3.8, 4) is 22.9 Å². The standard InChI is InChI=1S/C18H15F3N2O2/c1-23(2)17(24)11-25-16-8-14(7-15(9-16)18(19,20)21)13-5-3-12(10-22)4-6-13/h3-9H,11H2,1-2H3. The smallest absolute Gasteiger partial charge is 0.416 e. The normalized spacial score (nSPS) is 10.9. The summed E-state index contributed by atoms with van der Waals surface area (Å²) in [7, 11) is 3.06. The van der Waals surface area contributed by atoms with Gasteiger partial charge in [-0.2, -0.15) is 18.4 Å². The highest BCUT2D eigenvalue weighted by molar-refractivity contribution is 5.77. The van der Waals surface area contributed by atoms with Gasteiger partial charge in [0.1, 0.15) is 5.75 Å². The summed E-state index contributed by atoms with van der Waals surface area (Å²) >= 11 is 0. The second-order valence-corrected chi connectivity index (χ2v) is 5.51. The fourth-order valence-electron chi connectivity index (χ4n) is 2.02. The number of likely N-dealkylation sites (N-methyl/N-ethyl adjacent to an activating group) is 1. The van der Waals surface area contributed by atoms with Crippen molar-refractivity contribution in [2.75, 3.05) is 20.7 Å². The number of carbonyl (C=O) groups is 1. The molecule has 0 aliphatic carbocycles. The molecule has 0 spiro atoms. The van der Waals surface area contributed by atoms with Crippen molar-refractivity contribution in [1.29, 1.82) is 5.26 Å². The van der Waals surface area contributed by atoms with Gasteiger partial charge in [-0.1, -0.05) is 12.1 Å². The van der Waals surface area contributed by atoms with Crippen LogP contribution in [0.5, 0.6) is 5.75 Å². The highest BCUT2D eigenvalue weighted by Gasteiger charge is 2.31. The van der Waals surface area contributed by atoms with E-state index in [1.807, 2.05) is 6.07 Å². The fraction of sp³-hybridized carbons (Fsp3) is 0.222. The van der Waals surface area contributed by atoms with E-state index in [2.05, 4.69) is 0 Å². The molecule has 4 nitrogen and oxygen atoms in total. The van der Waals surface area contributed by atoms with Crippen LogP contribution in [0.25, 0.3) is 11.1 Å². The number of nitriles is 1. The Morgan fingerprint density at radius 3 is 2.28 bits per heavy atom. The van der Waals surface area contributed by atoms with Crippen LogP contribution in [0.1, 0.15) is 11.1 Å². The SMILES string of the molecule is CN(C)C(=O)COc1cc(-c2ccc(C#N)cc2)cc(C(F)(F)F)c1. The van der Waals surface area contributed by atoms with Gasteiger partial charge in [0.15, 0.2) is 6.61 Å². The number of amides is 1. The molecule has 1 amide bonds. The van der Waals surface area contributed by atoms with Crippen LogP contribution in [0.2, 0.25) is 0 Å². The third kappa shape index (κ3) is 4.73. The monoisotopic (exact) mass is 348 g/mol. The predicted molar refractivity (Wildman–Crippen MR) is 85.8 cm³/mol. The van der Waals surface area contributed by atoms with Crippen molar-refractivity contribution >= 4 is 5.91 Å². The van der Waals surface area contributed by atoms with Gasteiger partial charge in [0, 0.05) is 14.1 Å². The molecule has 2 aromatic rings. The maximum absolute atomic E-state index is 13.1. The largest absolute Gasteiger partial charge is 0.484 e. The minimum atomic E-state index is -4.55. The van der Waals surface area contributed by atoms with Gasteiger partial charge in [-0.15, -0.1) is 0 Å². The van der Waals surface area contributed by atoms with E-state index < -0.39 is 11.7 Å². The second kappa shape index (κ2) is 7.26. The summed E-state index contributed by atoms with van der Waals surface area (Å²) in [6.07, 6.45) is -4.55. The van der Waals surface area contributed by atoms with Gasteiger partial charge in [-0.3, -0.25) is 4.79 Å². The third-order valence-corrected chi connectivity index (χ3v) is 3.44. The average molecular weight is 348 g/mol. The zero-order valence-electron chi connectivity index (χ0n) is 13.6. The zero-order valence-corrected chi connectivity index (χ0v) is 13.6. The Morgan fingerprint density at radius 1 is 1.12 bits per heavy atom. The number of hydrogen-bond donors (Lipinski definition) is 0. The van der Waals surface area contributed by atoms with Crippen LogP contribution in [0.4, 0.5) is 13.2 Å². The van der Waals surface area contributed by atoms with Gasteiger partial charge < -0.3 is 9.64 Å². The van der Waals surface area contributed by atoms with Gasteiger partial charge in [-0.25, -0.2) is 0 Å². The van der Waals surface area contributed by atoms with Crippen molar-refractivity contribution < 1.29 is 22.7 Å². The lowest BCUT2D eigenvalue weighted by atomic mass is 10.0. The molecule has 2 rings (SSSR count). The molecule has 2 aromatic carbocycles. The molecule has 0 heterocycles. The lowest BCUT2D eigenvalue weighted by molar-refractivity contribution is -0.137.